The highest BCUT2D eigenvalue weighted by molar-refractivity contribution is 5.79. The zero-order chi connectivity index (χ0) is 21.8. The highest BCUT2D eigenvalue weighted by Gasteiger charge is 2.27. The van der Waals surface area contributed by atoms with E-state index in [1.807, 2.05) is 0 Å². The summed E-state index contributed by atoms with van der Waals surface area (Å²) in [6.07, 6.45) is -1.02. The van der Waals surface area contributed by atoms with Crippen molar-refractivity contribution in [3.05, 3.63) is 100 Å². The largest absolute Gasteiger partial charge is 0.497 e. The molecule has 1 unspecified atom stereocenters. The number of hydrogen-bond donors (Lipinski definition) is 1. The molecule has 0 aliphatic heterocycles. The van der Waals surface area contributed by atoms with Crippen molar-refractivity contribution in [3.63, 3.8) is 0 Å². The number of carbonyl (C=O) groups excluding carboxylic acids is 1. The van der Waals surface area contributed by atoms with E-state index in [-0.39, 0.29) is 0 Å². The minimum atomic E-state index is -2.27. The van der Waals surface area contributed by atoms with Gasteiger partial charge in [-0.1, -0.05) is 42.5 Å². The lowest BCUT2D eigenvalue weighted by atomic mass is 9.98. The fraction of sp³-hybridized carbons (Fsp3) is 0.136. The Labute approximate surface area is 169 Å². The van der Waals surface area contributed by atoms with Crippen molar-refractivity contribution in [2.75, 3.05) is 7.11 Å². The lowest BCUT2D eigenvalue weighted by Gasteiger charge is -2.20. The number of halogens is 5. The van der Waals surface area contributed by atoms with E-state index in [1.165, 1.54) is 7.11 Å². The molecular formula is C22H16F5NO2. The zero-order valence-electron chi connectivity index (χ0n) is 15.7. The quantitative estimate of drug-likeness (QED) is 0.352. The van der Waals surface area contributed by atoms with Gasteiger partial charge in [-0.25, -0.2) is 22.0 Å². The van der Waals surface area contributed by atoms with Crippen LogP contribution in [0.5, 0.6) is 5.75 Å². The van der Waals surface area contributed by atoms with Crippen molar-refractivity contribution in [3.8, 4) is 5.75 Å². The van der Waals surface area contributed by atoms with Gasteiger partial charge in [0.1, 0.15) is 5.75 Å². The summed E-state index contributed by atoms with van der Waals surface area (Å²) in [5.74, 6) is -10.8. The van der Waals surface area contributed by atoms with Gasteiger partial charge < -0.3 is 10.1 Å². The Kier molecular flexibility index (Phi) is 6.34. The molecule has 0 bridgehead atoms. The van der Waals surface area contributed by atoms with Crippen LogP contribution in [0.3, 0.4) is 0 Å². The van der Waals surface area contributed by atoms with E-state index in [2.05, 4.69) is 5.32 Å². The van der Waals surface area contributed by atoms with E-state index in [0.717, 1.165) is 0 Å². The molecule has 8 heteroatoms. The van der Waals surface area contributed by atoms with Gasteiger partial charge in [0.2, 0.25) is 11.7 Å². The molecule has 1 N–H and O–H groups in total. The fourth-order valence-corrected chi connectivity index (χ4v) is 2.98. The molecule has 0 aliphatic carbocycles. The first kappa shape index (κ1) is 21.3. The second kappa shape index (κ2) is 8.94. The predicted octanol–water partition coefficient (Wildman–Crippen LogP) is 4.84. The van der Waals surface area contributed by atoms with Crippen LogP contribution in [0, 0.1) is 29.1 Å². The highest BCUT2D eigenvalue weighted by atomic mass is 19.2. The highest BCUT2D eigenvalue weighted by Crippen LogP contribution is 2.26. The molecule has 0 fully saturated rings. The van der Waals surface area contributed by atoms with Gasteiger partial charge in [-0.05, 0) is 23.3 Å². The maximum atomic E-state index is 13.9. The van der Waals surface area contributed by atoms with E-state index in [4.69, 9.17) is 4.74 Å². The van der Waals surface area contributed by atoms with Gasteiger partial charge in [-0.15, -0.1) is 0 Å². The summed E-state index contributed by atoms with van der Waals surface area (Å²) < 4.78 is 73.0. The average molecular weight is 421 g/mol. The Bertz CT molecular complexity index is 1030. The number of hydrogen-bond acceptors (Lipinski definition) is 2. The molecule has 3 nitrogen and oxygen atoms in total. The summed E-state index contributed by atoms with van der Waals surface area (Å²) in [5, 5.41) is 2.59. The van der Waals surface area contributed by atoms with Crippen LogP contribution in [-0.4, -0.2) is 13.0 Å². The molecule has 3 aromatic rings. The Morgan fingerprint density at radius 2 is 1.30 bits per heavy atom. The maximum absolute atomic E-state index is 13.9. The van der Waals surface area contributed by atoms with Gasteiger partial charge in [-0.3, -0.25) is 4.79 Å². The minimum absolute atomic E-state index is 0.582. The molecule has 0 heterocycles. The second-order valence-corrected chi connectivity index (χ2v) is 6.41. The van der Waals surface area contributed by atoms with E-state index in [9.17, 15) is 26.7 Å². The number of carbonyl (C=O) groups is 1. The summed E-state index contributed by atoms with van der Waals surface area (Å²) in [6.45, 7) is 0. The minimum Gasteiger partial charge on any atom is -0.497 e. The maximum Gasteiger partial charge on any atom is 0.225 e. The summed E-state index contributed by atoms with van der Waals surface area (Å²) in [7, 11) is 1.50. The van der Waals surface area contributed by atoms with Crippen LogP contribution in [-0.2, 0) is 11.2 Å². The summed E-state index contributed by atoms with van der Waals surface area (Å²) in [5.41, 5.74) is 0.103. The van der Waals surface area contributed by atoms with E-state index >= 15 is 0 Å². The smallest absolute Gasteiger partial charge is 0.225 e. The van der Waals surface area contributed by atoms with Gasteiger partial charge >= 0.3 is 0 Å². The molecule has 1 atom stereocenters. The molecule has 0 spiro atoms. The van der Waals surface area contributed by atoms with Crippen molar-refractivity contribution in [1.82, 2.24) is 5.32 Å². The summed E-state index contributed by atoms with van der Waals surface area (Å²) in [6, 6.07) is 14.7. The number of methoxy groups -OCH3 is 1. The Morgan fingerprint density at radius 3 is 1.83 bits per heavy atom. The number of nitrogens with one attached hydrogen (secondary N) is 1. The van der Waals surface area contributed by atoms with Gasteiger partial charge in [-0.2, -0.15) is 0 Å². The molecule has 156 valence electrons. The van der Waals surface area contributed by atoms with Gasteiger partial charge in [0.05, 0.1) is 19.6 Å². The third kappa shape index (κ3) is 4.27. The molecule has 30 heavy (non-hydrogen) atoms. The number of ether oxygens (including phenoxy) is 1. The predicted molar refractivity (Wildman–Crippen MR) is 99.4 cm³/mol. The summed E-state index contributed by atoms with van der Waals surface area (Å²) in [4.78, 5) is 12.5. The number of benzene rings is 3. The van der Waals surface area contributed by atoms with Crippen molar-refractivity contribution >= 4 is 5.91 Å². The Hall–Kier alpha value is -3.42. The van der Waals surface area contributed by atoms with Crippen molar-refractivity contribution in [2.24, 2.45) is 0 Å². The first-order chi connectivity index (χ1) is 14.3. The third-order valence-electron chi connectivity index (χ3n) is 4.53. The molecule has 0 saturated carbocycles. The SMILES string of the molecule is COc1ccc(C(NC(=O)Cc2c(F)c(F)c(F)c(F)c2F)c2ccccc2)cc1. The van der Waals surface area contributed by atoms with Crippen LogP contribution in [0.2, 0.25) is 0 Å². The first-order valence-electron chi connectivity index (χ1n) is 8.82. The van der Waals surface area contributed by atoms with E-state index in [0.29, 0.717) is 16.9 Å². The molecule has 3 aromatic carbocycles. The average Bonchev–Trinajstić information content (AvgIpc) is 2.78. The third-order valence-corrected chi connectivity index (χ3v) is 4.53. The first-order valence-corrected chi connectivity index (χ1v) is 8.82. The Balaban J connectivity index is 1.91. The van der Waals surface area contributed by atoms with E-state index in [1.54, 1.807) is 54.6 Å². The van der Waals surface area contributed by atoms with Crippen LogP contribution in [0.25, 0.3) is 0 Å². The number of amides is 1. The zero-order valence-corrected chi connectivity index (χ0v) is 15.7. The van der Waals surface area contributed by atoms with Crippen molar-refractivity contribution in [2.45, 2.75) is 12.5 Å². The van der Waals surface area contributed by atoms with Crippen molar-refractivity contribution < 1.29 is 31.5 Å². The molecule has 0 radical (unpaired) electrons. The normalized spacial score (nSPS) is 11.8. The van der Waals surface area contributed by atoms with Crippen LogP contribution in [0.15, 0.2) is 54.6 Å². The molecule has 1 amide bonds. The van der Waals surface area contributed by atoms with Gasteiger partial charge in [0.25, 0.3) is 0 Å². The fourth-order valence-electron chi connectivity index (χ4n) is 2.98. The molecule has 0 aromatic heterocycles. The molecule has 0 aliphatic rings. The Morgan fingerprint density at radius 1 is 0.800 bits per heavy atom. The van der Waals surface area contributed by atoms with Crippen LogP contribution in [0.4, 0.5) is 22.0 Å². The van der Waals surface area contributed by atoms with Crippen LogP contribution >= 0.6 is 0 Å². The standard InChI is InChI=1S/C22H16F5NO2/c1-30-14-9-7-13(8-10-14)22(12-5-3-2-4-6-12)28-16(29)11-15-17(23)19(25)21(27)20(26)18(15)24/h2-10,22H,11H2,1H3,(H,28,29). The van der Waals surface area contributed by atoms with Crippen molar-refractivity contribution in [1.29, 1.82) is 0 Å². The molecule has 0 saturated heterocycles. The molecule has 3 rings (SSSR count). The van der Waals surface area contributed by atoms with Gasteiger partial charge in [0.15, 0.2) is 23.3 Å². The lowest BCUT2D eigenvalue weighted by molar-refractivity contribution is -0.121. The van der Waals surface area contributed by atoms with Gasteiger partial charge in [0, 0.05) is 5.56 Å². The van der Waals surface area contributed by atoms with E-state index < -0.39 is 53.0 Å². The summed E-state index contributed by atoms with van der Waals surface area (Å²) >= 11 is 0. The van der Waals surface area contributed by atoms with Crippen LogP contribution < -0.4 is 10.1 Å². The number of rotatable bonds is 6. The molecular weight excluding hydrogens is 405 g/mol. The lowest BCUT2D eigenvalue weighted by Crippen LogP contribution is -2.31. The van der Waals surface area contributed by atoms with Crippen LogP contribution in [0.1, 0.15) is 22.7 Å². The topological polar surface area (TPSA) is 38.3 Å². The second-order valence-electron chi connectivity index (χ2n) is 6.41. The monoisotopic (exact) mass is 421 g/mol.